The highest BCUT2D eigenvalue weighted by Gasteiger charge is 2.21. The van der Waals surface area contributed by atoms with Crippen molar-refractivity contribution in [3.63, 3.8) is 0 Å². The van der Waals surface area contributed by atoms with Gasteiger partial charge in [0.05, 0.1) is 18.9 Å². The van der Waals surface area contributed by atoms with Gasteiger partial charge in [-0.15, -0.1) is 0 Å². The molecule has 2 atom stereocenters. The van der Waals surface area contributed by atoms with E-state index >= 15 is 0 Å². The number of hydrogen-bond acceptors (Lipinski definition) is 4. The molecule has 1 aliphatic rings. The highest BCUT2D eigenvalue weighted by atomic mass is 16.5. The molecule has 0 spiro atoms. The molecule has 1 aromatic heterocycles. The SMILES string of the molecule is Cc1cc2c(cc1C)C(NCC(O)c1cnn(C)c1)CCCO2. The average Bonchev–Trinajstić information content (AvgIpc) is 2.87. The summed E-state index contributed by atoms with van der Waals surface area (Å²) in [5.41, 5.74) is 4.56. The maximum absolute atomic E-state index is 10.3. The first-order valence-electron chi connectivity index (χ1n) is 8.18. The lowest BCUT2D eigenvalue weighted by Gasteiger charge is -2.21. The molecule has 0 saturated heterocycles. The quantitative estimate of drug-likeness (QED) is 0.910. The molecular formula is C18H25N3O2. The minimum absolute atomic E-state index is 0.207. The van der Waals surface area contributed by atoms with Crippen molar-refractivity contribution in [3.8, 4) is 5.75 Å². The van der Waals surface area contributed by atoms with E-state index in [0.29, 0.717) is 6.54 Å². The van der Waals surface area contributed by atoms with Crippen molar-refractivity contribution in [2.75, 3.05) is 13.2 Å². The molecule has 2 aromatic rings. The summed E-state index contributed by atoms with van der Waals surface area (Å²) in [5, 5.41) is 18.0. The summed E-state index contributed by atoms with van der Waals surface area (Å²) >= 11 is 0. The second-order valence-corrected chi connectivity index (χ2v) is 6.39. The Kier molecular flexibility index (Phi) is 4.68. The van der Waals surface area contributed by atoms with Crippen molar-refractivity contribution in [2.24, 2.45) is 7.05 Å². The van der Waals surface area contributed by atoms with Gasteiger partial charge in [-0.2, -0.15) is 5.10 Å². The topological polar surface area (TPSA) is 59.3 Å². The third-order valence-electron chi connectivity index (χ3n) is 4.56. The van der Waals surface area contributed by atoms with E-state index in [9.17, 15) is 5.11 Å². The third kappa shape index (κ3) is 3.57. The zero-order valence-electron chi connectivity index (χ0n) is 14.0. The molecule has 0 radical (unpaired) electrons. The summed E-state index contributed by atoms with van der Waals surface area (Å²) in [6, 6.07) is 4.55. The maximum atomic E-state index is 10.3. The summed E-state index contributed by atoms with van der Waals surface area (Å²) in [6.07, 6.45) is 5.03. The Hall–Kier alpha value is -1.85. The third-order valence-corrected chi connectivity index (χ3v) is 4.56. The van der Waals surface area contributed by atoms with Crippen LogP contribution in [0.15, 0.2) is 24.5 Å². The molecule has 5 heteroatoms. The number of aliphatic hydroxyl groups excluding tert-OH is 1. The fraction of sp³-hybridized carbons (Fsp3) is 0.500. The van der Waals surface area contributed by atoms with Crippen LogP contribution in [0, 0.1) is 13.8 Å². The van der Waals surface area contributed by atoms with Gasteiger partial charge in [0.15, 0.2) is 0 Å². The zero-order valence-corrected chi connectivity index (χ0v) is 14.0. The van der Waals surface area contributed by atoms with Gasteiger partial charge in [0.2, 0.25) is 0 Å². The predicted molar refractivity (Wildman–Crippen MR) is 89.6 cm³/mol. The monoisotopic (exact) mass is 315 g/mol. The van der Waals surface area contributed by atoms with Crippen LogP contribution in [0.3, 0.4) is 0 Å². The Morgan fingerprint density at radius 2 is 2.17 bits per heavy atom. The van der Waals surface area contributed by atoms with Crippen molar-refractivity contribution >= 4 is 0 Å². The number of aryl methyl sites for hydroxylation is 3. The minimum Gasteiger partial charge on any atom is -0.493 e. The smallest absolute Gasteiger partial charge is 0.124 e. The van der Waals surface area contributed by atoms with Crippen LogP contribution in [0.2, 0.25) is 0 Å². The molecule has 2 heterocycles. The van der Waals surface area contributed by atoms with Crippen LogP contribution >= 0.6 is 0 Å². The van der Waals surface area contributed by atoms with Crippen LogP contribution < -0.4 is 10.1 Å². The molecule has 0 aliphatic carbocycles. The summed E-state index contributed by atoms with van der Waals surface area (Å²) in [7, 11) is 1.85. The molecule has 0 fully saturated rings. The highest BCUT2D eigenvalue weighted by Crippen LogP contribution is 2.34. The number of nitrogens with one attached hydrogen (secondary N) is 1. The summed E-state index contributed by atoms with van der Waals surface area (Å²) in [4.78, 5) is 0. The molecule has 0 saturated carbocycles. The largest absolute Gasteiger partial charge is 0.493 e. The predicted octanol–water partition coefficient (Wildman–Crippen LogP) is 2.57. The summed E-state index contributed by atoms with van der Waals surface area (Å²) < 4.78 is 7.60. The number of nitrogens with zero attached hydrogens (tertiary/aromatic N) is 2. The van der Waals surface area contributed by atoms with Gasteiger partial charge in [-0.1, -0.05) is 6.07 Å². The van der Waals surface area contributed by atoms with Crippen molar-refractivity contribution in [2.45, 2.75) is 38.8 Å². The number of aromatic nitrogens is 2. The fourth-order valence-corrected chi connectivity index (χ4v) is 3.03. The van der Waals surface area contributed by atoms with Gasteiger partial charge in [0.25, 0.3) is 0 Å². The molecule has 124 valence electrons. The Bertz CT molecular complexity index is 681. The molecule has 0 amide bonds. The van der Waals surface area contributed by atoms with Crippen LogP contribution in [0.1, 0.15) is 47.2 Å². The van der Waals surface area contributed by atoms with E-state index < -0.39 is 6.10 Å². The standard InChI is InChI=1S/C18H25N3O2/c1-12-7-15-16(5-4-6-23-18(15)8-13(12)2)19-10-17(22)14-9-20-21(3)11-14/h7-9,11,16-17,19,22H,4-6,10H2,1-3H3. The van der Waals surface area contributed by atoms with Gasteiger partial charge in [-0.3, -0.25) is 4.68 Å². The van der Waals surface area contributed by atoms with Crippen molar-refractivity contribution < 1.29 is 9.84 Å². The average molecular weight is 315 g/mol. The van der Waals surface area contributed by atoms with Gasteiger partial charge in [0, 0.05) is 37.0 Å². The van der Waals surface area contributed by atoms with Crippen LogP contribution in [0.4, 0.5) is 0 Å². The van der Waals surface area contributed by atoms with Crippen LogP contribution in [-0.4, -0.2) is 28.0 Å². The number of rotatable bonds is 4. The van der Waals surface area contributed by atoms with E-state index in [2.05, 4.69) is 36.4 Å². The fourth-order valence-electron chi connectivity index (χ4n) is 3.03. The van der Waals surface area contributed by atoms with Gasteiger partial charge in [-0.25, -0.2) is 0 Å². The van der Waals surface area contributed by atoms with Gasteiger partial charge >= 0.3 is 0 Å². The lowest BCUT2D eigenvalue weighted by Crippen LogP contribution is -2.26. The Morgan fingerprint density at radius 3 is 2.91 bits per heavy atom. The molecule has 5 nitrogen and oxygen atoms in total. The van der Waals surface area contributed by atoms with Crippen LogP contribution in [-0.2, 0) is 7.05 Å². The van der Waals surface area contributed by atoms with E-state index in [-0.39, 0.29) is 6.04 Å². The first kappa shape index (κ1) is 16.0. The molecule has 1 aliphatic heterocycles. The molecule has 0 bridgehead atoms. The van der Waals surface area contributed by atoms with Crippen molar-refractivity contribution in [3.05, 3.63) is 46.8 Å². The van der Waals surface area contributed by atoms with Gasteiger partial charge in [0.1, 0.15) is 5.75 Å². The molecule has 23 heavy (non-hydrogen) atoms. The van der Waals surface area contributed by atoms with Gasteiger partial charge in [-0.05, 0) is 43.9 Å². The number of aliphatic hydroxyl groups is 1. The number of hydrogen-bond donors (Lipinski definition) is 2. The number of benzene rings is 1. The van der Waals surface area contributed by atoms with Crippen molar-refractivity contribution in [1.82, 2.24) is 15.1 Å². The van der Waals surface area contributed by atoms with Crippen LogP contribution in [0.5, 0.6) is 5.75 Å². The first-order valence-corrected chi connectivity index (χ1v) is 8.18. The summed E-state index contributed by atoms with van der Waals surface area (Å²) in [6.45, 7) is 5.49. The van der Waals surface area contributed by atoms with Crippen molar-refractivity contribution in [1.29, 1.82) is 0 Å². The molecule has 3 rings (SSSR count). The first-order chi connectivity index (χ1) is 11.0. The lowest BCUT2D eigenvalue weighted by atomic mass is 9.97. The molecule has 1 aromatic carbocycles. The Balaban J connectivity index is 1.74. The Morgan fingerprint density at radius 1 is 1.39 bits per heavy atom. The number of ether oxygens (including phenoxy) is 1. The number of fused-ring (bicyclic) bond motifs is 1. The molecule has 2 N–H and O–H groups in total. The minimum atomic E-state index is -0.553. The highest BCUT2D eigenvalue weighted by molar-refractivity contribution is 5.44. The second-order valence-electron chi connectivity index (χ2n) is 6.39. The maximum Gasteiger partial charge on any atom is 0.124 e. The zero-order chi connectivity index (χ0) is 16.4. The normalized spacial score (nSPS) is 18.9. The summed E-state index contributed by atoms with van der Waals surface area (Å²) in [5.74, 6) is 0.971. The Labute approximate surface area is 137 Å². The molecular weight excluding hydrogens is 290 g/mol. The second kappa shape index (κ2) is 6.72. The van der Waals surface area contributed by atoms with E-state index in [1.807, 2.05) is 13.2 Å². The van der Waals surface area contributed by atoms with E-state index in [4.69, 9.17) is 4.74 Å². The molecule has 2 unspecified atom stereocenters. The lowest BCUT2D eigenvalue weighted by molar-refractivity contribution is 0.169. The van der Waals surface area contributed by atoms with E-state index in [1.54, 1.807) is 10.9 Å². The van der Waals surface area contributed by atoms with E-state index in [0.717, 1.165) is 30.8 Å². The van der Waals surface area contributed by atoms with E-state index in [1.165, 1.54) is 16.7 Å². The van der Waals surface area contributed by atoms with Crippen LogP contribution in [0.25, 0.3) is 0 Å². The van der Waals surface area contributed by atoms with Gasteiger partial charge < -0.3 is 15.2 Å².